The molecule has 0 unspecified atom stereocenters. The molecule has 0 saturated heterocycles. The van der Waals surface area contributed by atoms with Crippen LogP contribution in [0.25, 0.3) is 11.0 Å². The number of nitrogens with one attached hydrogen (secondary N) is 1. The Morgan fingerprint density at radius 1 is 1.11 bits per heavy atom. The Balaban J connectivity index is 1.47. The average Bonchev–Trinajstić information content (AvgIpc) is 3.29. The lowest BCUT2D eigenvalue weighted by Crippen LogP contribution is -2.37. The van der Waals surface area contributed by atoms with Crippen molar-refractivity contribution in [3.63, 3.8) is 0 Å². The highest BCUT2D eigenvalue weighted by Gasteiger charge is 2.20. The maximum Gasteiger partial charge on any atom is 0.469 e. The van der Waals surface area contributed by atoms with E-state index in [0.717, 1.165) is 64.3 Å². The number of rotatable bonds is 18. The number of nitro groups is 1. The van der Waals surface area contributed by atoms with Gasteiger partial charge in [-0.3, -0.25) is 14.6 Å². The van der Waals surface area contributed by atoms with Crippen LogP contribution in [-0.2, 0) is 9.09 Å². The minimum atomic E-state index is -4.59. The van der Waals surface area contributed by atoms with Gasteiger partial charge in [0, 0.05) is 12.6 Å². The van der Waals surface area contributed by atoms with Crippen LogP contribution in [0.4, 0.5) is 11.4 Å². The fraction of sp³-hybridized carbons (Fsp3) is 0.619. The van der Waals surface area contributed by atoms with E-state index in [1.807, 2.05) is 6.08 Å². The van der Waals surface area contributed by atoms with Crippen molar-refractivity contribution in [3.05, 3.63) is 34.4 Å². The zero-order valence-electron chi connectivity index (χ0n) is 19.5. The van der Waals surface area contributed by atoms with Crippen LogP contribution in [0.5, 0.6) is 0 Å². The minimum Gasteiger partial charge on any atom is -0.387 e. The van der Waals surface area contributed by atoms with Crippen LogP contribution in [0.3, 0.4) is 0 Å². The number of aromatic nitrogens is 2. The maximum atomic E-state index is 11.0. The first-order valence-corrected chi connectivity index (χ1v) is 13.2. The van der Waals surface area contributed by atoms with Gasteiger partial charge in [-0.2, -0.15) is 0 Å². The number of nitrogens with two attached hydrogens (primary N) is 1. The van der Waals surface area contributed by atoms with E-state index in [9.17, 15) is 19.8 Å². The summed E-state index contributed by atoms with van der Waals surface area (Å²) in [6.45, 7) is 0.304. The molecule has 2 atom stereocenters. The molecule has 14 heteroatoms. The Hall–Kier alpha value is -2.41. The van der Waals surface area contributed by atoms with Gasteiger partial charge in [-0.05, 0) is 35.6 Å². The predicted octanol–water partition coefficient (Wildman–Crippen LogP) is 3.41. The summed E-state index contributed by atoms with van der Waals surface area (Å²) >= 11 is 0. The molecule has 0 bridgehead atoms. The molecule has 0 aliphatic heterocycles. The molecule has 0 saturated carbocycles. The molecule has 0 radical (unpaired) electrons. The monoisotopic (exact) mass is 515 g/mol. The molecule has 0 fully saturated rings. The largest absolute Gasteiger partial charge is 0.469 e. The van der Waals surface area contributed by atoms with Crippen molar-refractivity contribution in [3.8, 4) is 0 Å². The molecular formula is C21H34N5O8P. The molecule has 2 rings (SSSR count). The Kier molecular flexibility index (Phi) is 12.2. The fourth-order valence-corrected chi connectivity index (χ4v) is 3.84. The lowest BCUT2D eigenvalue weighted by Gasteiger charge is -2.15. The number of aliphatic hydroxyl groups is 1. The molecule has 35 heavy (non-hydrogen) atoms. The van der Waals surface area contributed by atoms with Gasteiger partial charge in [0.15, 0.2) is 5.52 Å². The molecule has 0 aliphatic carbocycles. The van der Waals surface area contributed by atoms with Crippen molar-refractivity contribution >= 4 is 30.2 Å². The van der Waals surface area contributed by atoms with Crippen molar-refractivity contribution in [1.82, 2.24) is 10.3 Å². The minimum absolute atomic E-state index is 0.129. The second kappa shape index (κ2) is 14.9. The molecule has 0 aliphatic rings. The number of allylic oxidation sites excluding steroid dienone is 1. The van der Waals surface area contributed by atoms with Crippen LogP contribution in [0.1, 0.15) is 57.8 Å². The standard InChI is InChI=1S/C21H34N5O8P/c22-16(15-33-35(30,31)32)19(27)11-9-7-5-3-1-2-4-6-8-10-14-23-17-12-13-18(26(28)29)21-20(17)24-34-25-21/h9,11-13,16,19,23,27H,1-8,10,14-15,22H2,(H2,30,31,32)/b11-9+/t16-,19+/m0/s1. The number of hydrogen-bond donors (Lipinski definition) is 5. The van der Waals surface area contributed by atoms with Gasteiger partial charge < -0.3 is 25.9 Å². The number of nitrogens with zero attached hydrogens (tertiary/aromatic N) is 3. The zero-order chi connectivity index (χ0) is 25.7. The van der Waals surface area contributed by atoms with Crippen LogP contribution in [0, 0.1) is 10.1 Å². The first kappa shape index (κ1) is 28.8. The number of phosphoric ester groups is 1. The quantitative estimate of drug-likeness (QED) is 0.0636. The summed E-state index contributed by atoms with van der Waals surface area (Å²) in [5.74, 6) is 0. The molecule has 1 aromatic carbocycles. The number of nitro benzene ring substituents is 1. The van der Waals surface area contributed by atoms with Crippen molar-refractivity contribution in [2.45, 2.75) is 69.9 Å². The van der Waals surface area contributed by atoms with Crippen molar-refractivity contribution in [2.75, 3.05) is 18.5 Å². The van der Waals surface area contributed by atoms with E-state index >= 15 is 0 Å². The second-order valence-corrected chi connectivity index (χ2v) is 9.50. The van der Waals surface area contributed by atoms with E-state index in [1.54, 1.807) is 6.07 Å². The highest BCUT2D eigenvalue weighted by Crippen LogP contribution is 2.35. The topological polar surface area (TPSA) is 207 Å². The van der Waals surface area contributed by atoms with Crippen molar-refractivity contribution < 1.29 is 33.5 Å². The summed E-state index contributed by atoms with van der Waals surface area (Å²) in [4.78, 5) is 27.8. The lowest BCUT2D eigenvalue weighted by atomic mass is 10.1. The van der Waals surface area contributed by atoms with Gasteiger partial charge in [0.1, 0.15) is 0 Å². The highest BCUT2D eigenvalue weighted by atomic mass is 31.2. The molecule has 6 N–H and O–H groups in total. The summed E-state index contributed by atoms with van der Waals surface area (Å²) in [5, 5.41) is 31.5. The third-order valence-electron chi connectivity index (χ3n) is 5.41. The zero-order valence-corrected chi connectivity index (χ0v) is 20.4. The van der Waals surface area contributed by atoms with Gasteiger partial charge >= 0.3 is 13.5 Å². The number of hydrogen-bond acceptors (Lipinski definition) is 10. The third kappa shape index (κ3) is 10.8. The van der Waals surface area contributed by atoms with Crippen LogP contribution in [0.15, 0.2) is 28.9 Å². The van der Waals surface area contributed by atoms with E-state index < -0.39 is 31.5 Å². The van der Waals surface area contributed by atoms with Crippen molar-refractivity contribution in [1.29, 1.82) is 0 Å². The molecule has 196 valence electrons. The van der Waals surface area contributed by atoms with Gasteiger partial charge in [0.05, 0.1) is 29.4 Å². The maximum absolute atomic E-state index is 11.0. The van der Waals surface area contributed by atoms with E-state index in [-0.39, 0.29) is 11.2 Å². The van der Waals surface area contributed by atoms with Crippen LogP contribution >= 0.6 is 7.82 Å². The Morgan fingerprint density at radius 3 is 2.40 bits per heavy atom. The van der Waals surface area contributed by atoms with E-state index in [2.05, 4.69) is 24.8 Å². The van der Waals surface area contributed by atoms with Crippen molar-refractivity contribution in [2.24, 2.45) is 5.73 Å². The first-order valence-electron chi connectivity index (χ1n) is 11.6. The normalized spacial score (nSPS) is 13.9. The Morgan fingerprint density at radius 2 is 1.74 bits per heavy atom. The molecule has 13 nitrogen and oxygen atoms in total. The summed E-state index contributed by atoms with van der Waals surface area (Å²) in [5.41, 5.74) is 6.67. The molecule has 0 amide bonds. The molecule has 0 spiro atoms. The molecule has 2 aromatic rings. The van der Waals surface area contributed by atoms with Gasteiger partial charge in [0.25, 0.3) is 0 Å². The van der Waals surface area contributed by atoms with E-state index in [4.69, 9.17) is 15.5 Å². The fourth-order valence-electron chi connectivity index (χ4n) is 3.47. The van der Waals surface area contributed by atoms with Crippen LogP contribution in [0.2, 0.25) is 0 Å². The smallest absolute Gasteiger partial charge is 0.387 e. The first-order chi connectivity index (χ1) is 16.7. The van der Waals surface area contributed by atoms with E-state index in [0.29, 0.717) is 11.2 Å². The number of aliphatic hydroxyl groups excluding tert-OH is 1. The molecule has 1 heterocycles. The second-order valence-electron chi connectivity index (χ2n) is 8.26. The van der Waals surface area contributed by atoms with Gasteiger partial charge in [-0.1, -0.05) is 50.7 Å². The Labute approximate surface area is 203 Å². The lowest BCUT2D eigenvalue weighted by molar-refractivity contribution is -0.383. The van der Waals surface area contributed by atoms with Gasteiger partial charge in [-0.25, -0.2) is 9.19 Å². The van der Waals surface area contributed by atoms with Gasteiger partial charge in [-0.15, -0.1) is 0 Å². The number of phosphoric acid groups is 1. The number of benzene rings is 1. The average molecular weight is 516 g/mol. The molecular weight excluding hydrogens is 481 g/mol. The SMILES string of the molecule is N[C@@H](COP(=O)(O)O)[C@H](O)/C=C/CCCCCCCCCCNc1ccc([N+](=O)[O-])c2nonc12. The number of anilines is 1. The Bertz CT molecular complexity index is 995. The predicted molar refractivity (Wildman–Crippen MR) is 130 cm³/mol. The summed E-state index contributed by atoms with van der Waals surface area (Å²) < 4.78 is 19.6. The van der Waals surface area contributed by atoms with Gasteiger partial charge in [0.2, 0.25) is 5.52 Å². The highest BCUT2D eigenvalue weighted by molar-refractivity contribution is 7.46. The third-order valence-corrected chi connectivity index (χ3v) is 5.90. The number of fused-ring (bicyclic) bond motifs is 1. The van der Waals surface area contributed by atoms with Crippen LogP contribution < -0.4 is 11.1 Å². The summed E-state index contributed by atoms with van der Waals surface area (Å²) in [6, 6.07) is 2.12. The number of non-ortho nitro benzene ring substituents is 1. The summed E-state index contributed by atoms with van der Waals surface area (Å²) in [7, 11) is -4.59. The molecule has 1 aromatic heterocycles. The number of unbranched alkanes of at least 4 members (excludes halogenated alkanes) is 8. The van der Waals surface area contributed by atoms with E-state index in [1.165, 1.54) is 12.1 Å². The summed E-state index contributed by atoms with van der Waals surface area (Å²) in [6.07, 6.45) is 11.8. The van der Waals surface area contributed by atoms with Crippen LogP contribution in [-0.4, -0.2) is 55.4 Å².